The molecule has 6 nitrogen and oxygen atoms in total. The van der Waals surface area contributed by atoms with Crippen molar-refractivity contribution < 1.29 is 9.59 Å². The van der Waals surface area contributed by atoms with Crippen LogP contribution in [0.4, 0.5) is 11.4 Å². The van der Waals surface area contributed by atoms with Crippen LogP contribution in [0.2, 0.25) is 0 Å². The van der Waals surface area contributed by atoms with E-state index in [2.05, 4.69) is 21.6 Å². The maximum atomic E-state index is 12.4. The van der Waals surface area contributed by atoms with Gasteiger partial charge in [0.2, 0.25) is 11.8 Å². The lowest BCUT2D eigenvalue weighted by molar-refractivity contribution is -0.126. The summed E-state index contributed by atoms with van der Waals surface area (Å²) in [5.74, 6) is -0.0594. The van der Waals surface area contributed by atoms with Crippen molar-refractivity contribution in [3.05, 3.63) is 24.3 Å². The van der Waals surface area contributed by atoms with Gasteiger partial charge in [0.05, 0.1) is 0 Å². The average molecular weight is 431 g/mol. The van der Waals surface area contributed by atoms with E-state index in [9.17, 15) is 9.59 Å². The molecular weight excluding hydrogens is 399 g/mol. The highest BCUT2D eigenvalue weighted by molar-refractivity contribution is 5.97. The largest absolute Gasteiger partial charge is 0.371 e. The second-order valence-corrected chi connectivity index (χ2v) is 7.58. The van der Waals surface area contributed by atoms with Crippen LogP contribution in [0.1, 0.15) is 45.4 Å². The summed E-state index contributed by atoms with van der Waals surface area (Å²) in [7, 11) is 0. The Morgan fingerprint density at radius 1 is 1.18 bits per heavy atom. The summed E-state index contributed by atoms with van der Waals surface area (Å²) in [4.78, 5) is 26.9. The Labute approximate surface area is 179 Å². The molecule has 2 fully saturated rings. The summed E-state index contributed by atoms with van der Waals surface area (Å²) in [5, 5.41) is 5.71. The lowest BCUT2D eigenvalue weighted by Crippen LogP contribution is -2.43. The zero-order chi connectivity index (χ0) is 18.5. The second-order valence-electron chi connectivity index (χ2n) is 7.58. The Morgan fingerprint density at radius 3 is 2.54 bits per heavy atom. The topological polar surface area (TPSA) is 87.5 Å². The highest BCUT2D eigenvalue weighted by Gasteiger charge is 2.27. The molecular formula is C20H32Cl2N4O2. The van der Waals surface area contributed by atoms with E-state index in [0.717, 1.165) is 43.7 Å². The summed E-state index contributed by atoms with van der Waals surface area (Å²) >= 11 is 0. The number of nitrogens with one attached hydrogen (secondary N) is 2. The first-order chi connectivity index (χ1) is 12.5. The van der Waals surface area contributed by atoms with E-state index in [1.54, 1.807) is 6.92 Å². The minimum atomic E-state index is -0.574. The fourth-order valence-corrected chi connectivity index (χ4v) is 3.93. The summed E-state index contributed by atoms with van der Waals surface area (Å²) < 4.78 is 0. The maximum Gasteiger partial charge on any atom is 0.246 e. The van der Waals surface area contributed by atoms with Gasteiger partial charge in [-0.3, -0.25) is 9.59 Å². The first kappa shape index (κ1) is 24.5. The number of nitrogens with zero attached hydrogens (tertiary/aromatic N) is 1. The molecule has 1 aromatic carbocycles. The number of anilines is 2. The van der Waals surface area contributed by atoms with E-state index in [4.69, 9.17) is 5.73 Å². The van der Waals surface area contributed by atoms with Gasteiger partial charge in [0, 0.05) is 36.9 Å². The molecule has 2 aliphatic rings. The van der Waals surface area contributed by atoms with Crippen LogP contribution in [0, 0.1) is 5.92 Å². The van der Waals surface area contributed by atoms with Gasteiger partial charge in [-0.2, -0.15) is 0 Å². The van der Waals surface area contributed by atoms with Crippen molar-refractivity contribution in [3.8, 4) is 0 Å². The zero-order valence-electron chi connectivity index (χ0n) is 16.4. The molecule has 1 aliphatic carbocycles. The summed E-state index contributed by atoms with van der Waals surface area (Å²) in [6, 6.07) is 7.43. The van der Waals surface area contributed by atoms with Crippen molar-refractivity contribution in [3.63, 3.8) is 0 Å². The molecule has 3 atom stereocenters. The fraction of sp³-hybridized carbons (Fsp3) is 0.600. The molecule has 28 heavy (non-hydrogen) atoms. The third-order valence-electron chi connectivity index (χ3n) is 5.52. The summed E-state index contributed by atoms with van der Waals surface area (Å²) in [6.07, 6.45) is 5.90. The molecule has 1 aliphatic heterocycles. The average Bonchev–Trinajstić information content (AvgIpc) is 3.27. The van der Waals surface area contributed by atoms with Gasteiger partial charge in [-0.1, -0.05) is 12.5 Å². The molecule has 4 N–H and O–H groups in total. The van der Waals surface area contributed by atoms with E-state index in [0.29, 0.717) is 6.42 Å². The van der Waals surface area contributed by atoms with Crippen molar-refractivity contribution in [2.75, 3.05) is 23.3 Å². The molecule has 1 saturated carbocycles. The molecule has 0 radical (unpaired) electrons. The standard InChI is InChI=1S/C20H30N4O2.2ClH/c1-14(22-19(25)12-15-6-4-9-18(15)21)20(26)23-16-7-5-8-17(13-16)24-10-2-3-11-24;;/h5,7-8,13-15,18H,2-4,6,9-12,21H2,1H3,(H,22,25)(H,23,26);2*1H/t14?,15-,18+;;/m0../s1. The van der Waals surface area contributed by atoms with E-state index in [-0.39, 0.29) is 48.6 Å². The van der Waals surface area contributed by atoms with Crippen LogP contribution in [0.5, 0.6) is 0 Å². The molecule has 1 aromatic rings. The minimum absolute atomic E-state index is 0. The van der Waals surface area contributed by atoms with Gasteiger partial charge in [0.1, 0.15) is 6.04 Å². The smallest absolute Gasteiger partial charge is 0.246 e. The SMILES string of the molecule is CC(NC(=O)C[C@@H]1CCC[C@H]1N)C(=O)Nc1cccc(N2CCCC2)c1.Cl.Cl. The van der Waals surface area contributed by atoms with Gasteiger partial charge in [-0.15, -0.1) is 24.8 Å². The van der Waals surface area contributed by atoms with Crippen molar-refractivity contribution in [1.29, 1.82) is 0 Å². The number of hydrogen-bond acceptors (Lipinski definition) is 4. The maximum absolute atomic E-state index is 12.4. The zero-order valence-corrected chi connectivity index (χ0v) is 18.0. The predicted molar refractivity (Wildman–Crippen MR) is 119 cm³/mol. The number of carbonyl (C=O) groups excluding carboxylic acids is 2. The number of benzene rings is 1. The van der Waals surface area contributed by atoms with Gasteiger partial charge >= 0.3 is 0 Å². The molecule has 3 rings (SSSR count). The minimum Gasteiger partial charge on any atom is -0.371 e. The number of rotatable bonds is 6. The van der Waals surface area contributed by atoms with Crippen LogP contribution in [-0.4, -0.2) is 37.0 Å². The molecule has 0 spiro atoms. The van der Waals surface area contributed by atoms with Crippen LogP contribution in [-0.2, 0) is 9.59 Å². The Morgan fingerprint density at radius 2 is 1.89 bits per heavy atom. The van der Waals surface area contributed by atoms with Gasteiger partial charge in [-0.25, -0.2) is 0 Å². The van der Waals surface area contributed by atoms with E-state index < -0.39 is 6.04 Å². The third-order valence-corrected chi connectivity index (χ3v) is 5.52. The normalized spacial score (nSPS) is 22.0. The Balaban J connectivity index is 0.00000196. The molecule has 158 valence electrons. The lowest BCUT2D eigenvalue weighted by Gasteiger charge is -2.20. The number of amides is 2. The number of nitrogens with two attached hydrogens (primary N) is 1. The lowest BCUT2D eigenvalue weighted by atomic mass is 10.00. The highest BCUT2D eigenvalue weighted by atomic mass is 35.5. The molecule has 8 heteroatoms. The molecule has 0 bridgehead atoms. The monoisotopic (exact) mass is 430 g/mol. The summed E-state index contributed by atoms with van der Waals surface area (Å²) in [6.45, 7) is 3.84. The quantitative estimate of drug-likeness (QED) is 0.646. The first-order valence-corrected chi connectivity index (χ1v) is 9.74. The highest BCUT2D eigenvalue weighted by Crippen LogP contribution is 2.27. The van der Waals surface area contributed by atoms with Crippen LogP contribution < -0.4 is 21.3 Å². The van der Waals surface area contributed by atoms with E-state index in [1.807, 2.05) is 18.2 Å². The van der Waals surface area contributed by atoms with Crippen LogP contribution >= 0.6 is 24.8 Å². The van der Waals surface area contributed by atoms with Crippen LogP contribution in [0.3, 0.4) is 0 Å². The van der Waals surface area contributed by atoms with Crippen LogP contribution in [0.15, 0.2) is 24.3 Å². The van der Waals surface area contributed by atoms with Gasteiger partial charge in [0.15, 0.2) is 0 Å². The molecule has 0 aromatic heterocycles. The number of halogens is 2. The van der Waals surface area contributed by atoms with Gasteiger partial charge in [-0.05, 0) is 56.7 Å². The first-order valence-electron chi connectivity index (χ1n) is 9.74. The number of carbonyl (C=O) groups is 2. The van der Waals surface area contributed by atoms with Crippen molar-refractivity contribution in [2.45, 2.75) is 57.5 Å². The van der Waals surface area contributed by atoms with Crippen molar-refractivity contribution in [2.24, 2.45) is 11.7 Å². The van der Waals surface area contributed by atoms with Gasteiger partial charge in [0.25, 0.3) is 0 Å². The van der Waals surface area contributed by atoms with E-state index >= 15 is 0 Å². The molecule has 1 saturated heterocycles. The summed E-state index contributed by atoms with van der Waals surface area (Å²) in [5.41, 5.74) is 7.92. The van der Waals surface area contributed by atoms with Crippen molar-refractivity contribution in [1.82, 2.24) is 5.32 Å². The number of hydrogen-bond donors (Lipinski definition) is 3. The molecule has 1 heterocycles. The Hall–Kier alpha value is -1.50. The van der Waals surface area contributed by atoms with Crippen molar-refractivity contribution >= 4 is 48.0 Å². The molecule has 1 unspecified atom stereocenters. The predicted octanol–water partition coefficient (Wildman–Crippen LogP) is 3.09. The van der Waals surface area contributed by atoms with Gasteiger partial charge < -0.3 is 21.3 Å². The second kappa shape index (κ2) is 11.5. The third kappa shape index (κ3) is 6.54. The Bertz CT molecular complexity index is 653. The fourth-order valence-electron chi connectivity index (χ4n) is 3.93. The van der Waals surface area contributed by atoms with Crippen LogP contribution in [0.25, 0.3) is 0 Å². The Kier molecular flexibility index (Phi) is 10.1. The molecule has 2 amide bonds. The van der Waals surface area contributed by atoms with E-state index in [1.165, 1.54) is 12.8 Å².